The van der Waals surface area contributed by atoms with Crippen molar-refractivity contribution in [1.82, 2.24) is 14.9 Å². The molecule has 1 atom stereocenters. The van der Waals surface area contributed by atoms with Gasteiger partial charge in [-0.25, -0.2) is 4.98 Å². The van der Waals surface area contributed by atoms with Crippen molar-refractivity contribution in [2.45, 2.75) is 35.8 Å². The zero-order valence-corrected chi connectivity index (χ0v) is 19.6. The SMILES string of the molecule is C=CCn1c(SC(C(=O)NC2CC2)c2ccccc2)nc2scc(-c3ccccc3)c2c1=O. The number of hydrogen-bond donors (Lipinski definition) is 1. The molecule has 0 saturated heterocycles. The summed E-state index contributed by atoms with van der Waals surface area (Å²) in [5, 5.41) is 5.72. The fraction of sp³-hybridized carbons (Fsp3) is 0.192. The second kappa shape index (κ2) is 9.37. The van der Waals surface area contributed by atoms with E-state index in [-0.39, 0.29) is 17.5 Å². The first-order valence-electron chi connectivity index (χ1n) is 10.9. The van der Waals surface area contributed by atoms with Crippen molar-refractivity contribution in [2.75, 3.05) is 0 Å². The number of aromatic nitrogens is 2. The van der Waals surface area contributed by atoms with Crippen LogP contribution in [0.3, 0.4) is 0 Å². The first kappa shape index (κ1) is 21.7. The van der Waals surface area contributed by atoms with E-state index in [1.54, 1.807) is 10.6 Å². The number of amides is 1. The maximum Gasteiger partial charge on any atom is 0.263 e. The topological polar surface area (TPSA) is 64.0 Å². The van der Waals surface area contributed by atoms with E-state index in [0.717, 1.165) is 29.5 Å². The number of rotatable bonds is 8. The Labute approximate surface area is 200 Å². The van der Waals surface area contributed by atoms with Gasteiger partial charge in [0.1, 0.15) is 10.1 Å². The van der Waals surface area contributed by atoms with Crippen LogP contribution in [0.5, 0.6) is 0 Å². The van der Waals surface area contributed by atoms with Gasteiger partial charge in [-0.05, 0) is 24.0 Å². The fourth-order valence-corrected chi connectivity index (χ4v) is 5.83. The minimum absolute atomic E-state index is 0.0515. The quantitative estimate of drug-likeness (QED) is 0.211. The summed E-state index contributed by atoms with van der Waals surface area (Å²) in [6, 6.07) is 19.8. The van der Waals surface area contributed by atoms with E-state index in [1.807, 2.05) is 66.0 Å². The van der Waals surface area contributed by atoms with Crippen molar-refractivity contribution in [3.05, 3.63) is 94.6 Å². The maximum absolute atomic E-state index is 13.6. The van der Waals surface area contributed by atoms with Crippen LogP contribution in [0.1, 0.15) is 23.7 Å². The Morgan fingerprint density at radius 1 is 1.18 bits per heavy atom. The molecule has 33 heavy (non-hydrogen) atoms. The predicted molar refractivity (Wildman–Crippen MR) is 136 cm³/mol. The summed E-state index contributed by atoms with van der Waals surface area (Å²) in [6.07, 6.45) is 3.72. The number of thiophene rings is 1. The monoisotopic (exact) mass is 473 g/mol. The van der Waals surface area contributed by atoms with Crippen molar-refractivity contribution in [3.8, 4) is 11.1 Å². The fourth-order valence-electron chi connectivity index (χ4n) is 3.73. The number of nitrogens with one attached hydrogen (secondary N) is 1. The van der Waals surface area contributed by atoms with Gasteiger partial charge in [-0.15, -0.1) is 17.9 Å². The standard InChI is InChI=1S/C26H23N3O2S2/c1-2-15-29-25(31)21-20(17-9-5-3-6-10-17)16-32-24(21)28-26(29)33-22(18-11-7-4-8-12-18)23(30)27-19-13-14-19/h2-12,16,19,22H,1,13-15H2,(H,27,30). The van der Waals surface area contributed by atoms with Crippen LogP contribution in [0.2, 0.25) is 0 Å². The van der Waals surface area contributed by atoms with Gasteiger partial charge in [0.2, 0.25) is 5.91 Å². The Morgan fingerprint density at radius 2 is 1.88 bits per heavy atom. The molecular weight excluding hydrogens is 450 g/mol. The number of benzene rings is 2. The summed E-state index contributed by atoms with van der Waals surface area (Å²) in [7, 11) is 0. The van der Waals surface area contributed by atoms with Crippen LogP contribution in [-0.4, -0.2) is 21.5 Å². The molecular formula is C26H23N3O2S2. The molecule has 0 aliphatic heterocycles. The second-order valence-electron chi connectivity index (χ2n) is 7.99. The predicted octanol–water partition coefficient (Wildman–Crippen LogP) is 5.42. The third kappa shape index (κ3) is 4.51. The summed E-state index contributed by atoms with van der Waals surface area (Å²) in [4.78, 5) is 32.3. The minimum atomic E-state index is -0.499. The van der Waals surface area contributed by atoms with Gasteiger partial charge >= 0.3 is 0 Å². The zero-order chi connectivity index (χ0) is 22.8. The lowest BCUT2D eigenvalue weighted by Crippen LogP contribution is -2.30. The average Bonchev–Trinajstić information content (AvgIpc) is 3.56. The molecule has 2 aromatic carbocycles. The summed E-state index contributed by atoms with van der Waals surface area (Å²) in [5.74, 6) is -0.0515. The van der Waals surface area contributed by atoms with Crippen LogP contribution < -0.4 is 10.9 Å². The van der Waals surface area contributed by atoms with Gasteiger partial charge < -0.3 is 5.32 Å². The highest BCUT2D eigenvalue weighted by Crippen LogP contribution is 2.38. The summed E-state index contributed by atoms with van der Waals surface area (Å²) < 4.78 is 1.62. The van der Waals surface area contributed by atoms with Gasteiger partial charge in [-0.3, -0.25) is 14.2 Å². The van der Waals surface area contributed by atoms with Gasteiger partial charge in [0.25, 0.3) is 5.56 Å². The highest BCUT2D eigenvalue weighted by Gasteiger charge is 2.30. The van der Waals surface area contributed by atoms with Crippen LogP contribution in [-0.2, 0) is 11.3 Å². The molecule has 0 radical (unpaired) electrons. The second-order valence-corrected chi connectivity index (χ2v) is 9.92. The van der Waals surface area contributed by atoms with Crippen LogP contribution in [0, 0.1) is 0 Å². The molecule has 5 rings (SSSR count). The number of carbonyl (C=O) groups is 1. The molecule has 2 aromatic heterocycles. The molecule has 7 heteroatoms. The number of carbonyl (C=O) groups excluding carboxylic acids is 1. The highest BCUT2D eigenvalue weighted by atomic mass is 32.2. The van der Waals surface area contributed by atoms with Crippen LogP contribution in [0.15, 0.2) is 88.6 Å². The Kier molecular flexibility index (Phi) is 6.15. The third-order valence-corrected chi connectivity index (χ3v) is 7.66. The van der Waals surface area contributed by atoms with E-state index in [9.17, 15) is 9.59 Å². The summed E-state index contributed by atoms with van der Waals surface area (Å²) in [6.45, 7) is 4.15. The Morgan fingerprint density at radius 3 is 2.55 bits per heavy atom. The number of fused-ring (bicyclic) bond motifs is 1. The molecule has 0 spiro atoms. The van der Waals surface area contributed by atoms with Crippen LogP contribution in [0.25, 0.3) is 21.3 Å². The van der Waals surface area contributed by atoms with E-state index in [4.69, 9.17) is 4.98 Å². The van der Waals surface area contributed by atoms with E-state index >= 15 is 0 Å². The average molecular weight is 474 g/mol. The van der Waals surface area contributed by atoms with Crippen molar-refractivity contribution < 1.29 is 4.79 Å². The number of thioether (sulfide) groups is 1. The van der Waals surface area contributed by atoms with Gasteiger partial charge in [0, 0.05) is 23.5 Å². The van der Waals surface area contributed by atoms with Gasteiger partial charge in [-0.2, -0.15) is 0 Å². The van der Waals surface area contributed by atoms with Gasteiger partial charge in [0.15, 0.2) is 5.16 Å². The largest absolute Gasteiger partial charge is 0.352 e. The van der Waals surface area contributed by atoms with Crippen molar-refractivity contribution in [3.63, 3.8) is 0 Å². The normalized spacial score (nSPS) is 14.2. The lowest BCUT2D eigenvalue weighted by molar-refractivity contribution is -0.120. The number of nitrogens with zero attached hydrogens (tertiary/aromatic N) is 2. The smallest absolute Gasteiger partial charge is 0.263 e. The lowest BCUT2D eigenvalue weighted by Gasteiger charge is -2.18. The van der Waals surface area contributed by atoms with Crippen LogP contribution in [0.4, 0.5) is 0 Å². The van der Waals surface area contributed by atoms with E-state index < -0.39 is 5.25 Å². The van der Waals surface area contributed by atoms with E-state index in [1.165, 1.54) is 23.1 Å². The molecule has 1 N–H and O–H groups in total. The Hall–Kier alpha value is -3.16. The van der Waals surface area contributed by atoms with Crippen molar-refractivity contribution in [2.24, 2.45) is 0 Å². The summed E-state index contributed by atoms with van der Waals surface area (Å²) >= 11 is 2.77. The van der Waals surface area contributed by atoms with E-state index in [2.05, 4.69) is 11.9 Å². The Balaban J connectivity index is 1.60. The molecule has 1 fully saturated rings. The molecule has 2 heterocycles. The zero-order valence-electron chi connectivity index (χ0n) is 17.9. The maximum atomic E-state index is 13.6. The highest BCUT2D eigenvalue weighted by molar-refractivity contribution is 8.00. The number of allylic oxidation sites excluding steroid dienone is 1. The molecule has 1 aliphatic rings. The molecule has 1 saturated carbocycles. The molecule has 5 nitrogen and oxygen atoms in total. The minimum Gasteiger partial charge on any atom is -0.352 e. The first-order valence-corrected chi connectivity index (χ1v) is 12.6. The molecule has 1 aliphatic carbocycles. The van der Waals surface area contributed by atoms with Crippen molar-refractivity contribution in [1.29, 1.82) is 0 Å². The number of hydrogen-bond acceptors (Lipinski definition) is 5. The molecule has 166 valence electrons. The van der Waals surface area contributed by atoms with E-state index in [0.29, 0.717) is 21.9 Å². The molecule has 0 bridgehead atoms. The summed E-state index contributed by atoms with van der Waals surface area (Å²) in [5.41, 5.74) is 2.64. The molecule has 4 aromatic rings. The first-order chi connectivity index (χ1) is 16.2. The lowest BCUT2D eigenvalue weighted by atomic mass is 10.1. The third-order valence-electron chi connectivity index (χ3n) is 5.54. The van der Waals surface area contributed by atoms with Crippen molar-refractivity contribution >= 4 is 39.2 Å². The van der Waals surface area contributed by atoms with Gasteiger partial charge in [0.05, 0.1) is 5.39 Å². The van der Waals surface area contributed by atoms with Crippen LogP contribution >= 0.6 is 23.1 Å². The molecule has 1 amide bonds. The van der Waals surface area contributed by atoms with Gasteiger partial charge in [-0.1, -0.05) is 78.5 Å². The Bertz CT molecular complexity index is 1360. The molecule has 1 unspecified atom stereocenters.